The van der Waals surface area contributed by atoms with Gasteiger partial charge < -0.3 is 9.84 Å². The van der Waals surface area contributed by atoms with Crippen molar-refractivity contribution in [3.05, 3.63) is 33.8 Å². The Morgan fingerprint density at radius 1 is 1.44 bits per heavy atom. The van der Waals surface area contributed by atoms with Crippen LogP contribution in [0, 0.1) is 5.92 Å². The number of carbonyl (C=O) groups is 1. The van der Waals surface area contributed by atoms with Crippen LogP contribution in [0.15, 0.2) is 18.2 Å². The van der Waals surface area contributed by atoms with Crippen molar-refractivity contribution in [3.63, 3.8) is 0 Å². The summed E-state index contributed by atoms with van der Waals surface area (Å²) in [7, 11) is 0. The number of hydrogen-bond acceptors (Lipinski definition) is 2. The summed E-state index contributed by atoms with van der Waals surface area (Å²) in [6, 6.07) is 3.18. The van der Waals surface area contributed by atoms with Gasteiger partial charge in [-0.1, -0.05) is 37.0 Å². The minimum absolute atomic E-state index is 0.341. The molecule has 0 bridgehead atoms. The molecule has 0 unspecified atom stereocenters. The predicted octanol–water partition coefficient (Wildman–Crippen LogP) is 4.13. The minimum Gasteiger partial charge on any atom is -0.491 e. The zero-order valence-corrected chi connectivity index (χ0v) is 11.6. The SMILES string of the molecule is CC(C)COc1c(Cl)cc(Cl)cc1/C=C/C(=O)O. The summed E-state index contributed by atoms with van der Waals surface area (Å²) >= 11 is 11.9. The summed E-state index contributed by atoms with van der Waals surface area (Å²) in [5.74, 6) is -0.249. The van der Waals surface area contributed by atoms with E-state index < -0.39 is 5.97 Å². The summed E-state index contributed by atoms with van der Waals surface area (Å²) < 4.78 is 5.58. The molecule has 0 aliphatic heterocycles. The molecule has 0 fully saturated rings. The highest BCUT2D eigenvalue weighted by atomic mass is 35.5. The van der Waals surface area contributed by atoms with Crippen LogP contribution >= 0.6 is 23.2 Å². The van der Waals surface area contributed by atoms with Gasteiger partial charge in [-0.2, -0.15) is 0 Å². The second kappa shape index (κ2) is 6.66. The van der Waals surface area contributed by atoms with Crippen LogP contribution in [0.25, 0.3) is 6.08 Å². The van der Waals surface area contributed by atoms with Gasteiger partial charge in [0.15, 0.2) is 0 Å². The van der Waals surface area contributed by atoms with Crippen molar-refractivity contribution < 1.29 is 14.6 Å². The van der Waals surface area contributed by atoms with Crippen LogP contribution in [0.3, 0.4) is 0 Å². The van der Waals surface area contributed by atoms with Gasteiger partial charge in [-0.05, 0) is 24.1 Å². The van der Waals surface area contributed by atoms with E-state index in [2.05, 4.69) is 0 Å². The van der Waals surface area contributed by atoms with Crippen molar-refractivity contribution in [1.29, 1.82) is 0 Å². The lowest BCUT2D eigenvalue weighted by Gasteiger charge is -2.13. The van der Waals surface area contributed by atoms with E-state index in [0.29, 0.717) is 33.9 Å². The fourth-order valence-corrected chi connectivity index (χ4v) is 1.83. The maximum absolute atomic E-state index is 10.5. The van der Waals surface area contributed by atoms with Gasteiger partial charge in [-0.3, -0.25) is 0 Å². The molecular weight excluding hydrogens is 275 g/mol. The van der Waals surface area contributed by atoms with Gasteiger partial charge >= 0.3 is 5.97 Å². The number of carboxylic acids is 1. The van der Waals surface area contributed by atoms with Crippen molar-refractivity contribution in [2.75, 3.05) is 6.61 Å². The molecule has 0 aromatic heterocycles. The zero-order valence-electron chi connectivity index (χ0n) is 10.1. The molecule has 1 aromatic rings. The molecule has 3 nitrogen and oxygen atoms in total. The highest BCUT2D eigenvalue weighted by Gasteiger charge is 2.10. The Bertz CT molecular complexity index is 468. The molecule has 0 amide bonds. The quantitative estimate of drug-likeness (QED) is 0.829. The molecule has 18 heavy (non-hydrogen) atoms. The number of aliphatic carboxylic acids is 1. The van der Waals surface area contributed by atoms with Crippen molar-refractivity contribution >= 4 is 35.2 Å². The third-order valence-electron chi connectivity index (χ3n) is 2.00. The van der Waals surface area contributed by atoms with E-state index in [1.807, 2.05) is 13.8 Å². The maximum Gasteiger partial charge on any atom is 0.328 e. The number of ether oxygens (including phenoxy) is 1. The normalized spacial score (nSPS) is 11.2. The Morgan fingerprint density at radius 3 is 2.67 bits per heavy atom. The zero-order chi connectivity index (χ0) is 13.7. The lowest BCUT2D eigenvalue weighted by Crippen LogP contribution is -2.06. The second-order valence-electron chi connectivity index (χ2n) is 4.18. The molecule has 0 saturated carbocycles. The molecule has 0 atom stereocenters. The van der Waals surface area contributed by atoms with Crippen LogP contribution in [-0.4, -0.2) is 17.7 Å². The average molecular weight is 289 g/mol. The van der Waals surface area contributed by atoms with Gasteiger partial charge in [-0.25, -0.2) is 4.79 Å². The van der Waals surface area contributed by atoms with Crippen LogP contribution in [0.4, 0.5) is 0 Å². The van der Waals surface area contributed by atoms with Gasteiger partial charge in [0, 0.05) is 16.7 Å². The largest absolute Gasteiger partial charge is 0.491 e. The fourth-order valence-electron chi connectivity index (χ4n) is 1.27. The van der Waals surface area contributed by atoms with Crippen LogP contribution in [0.5, 0.6) is 5.75 Å². The van der Waals surface area contributed by atoms with Gasteiger partial charge in [-0.15, -0.1) is 0 Å². The first-order chi connectivity index (χ1) is 8.40. The van der Waals surface area contributed by atoms with E-state index >= 15 is 0 Å². The number of hydrogen-bond donors (Lipinski definition) is 1. The van der Waals surface area contributed by atoms with Crippen molar-refractivity contribution in [3.8, 4) is 5.75 Å². The minimum atomic E-state index is -1.04. The van der Waals surface area contributed by atoms with E-state index in [9.17, 15) is 4.79 Å². The van der Waals surface area contributed by atoms with Crippen molar-refractivity contribution in [1.82, 2.24) is 0 Å². The number of benzene rings is 1. The lowest BCUT2D eigenvalue weighted by molar-refractivity contribution is -0.131. The average Bonchev–Trinajstić information content (AvgIpc) is 2.24. The van der Waals surface area contributed by atoms with Crippen LogP contribution in [0.1, 0.15) is 19.4 Å². The number of rotatable bonds is 5. The molecule has 1 aromatic carbocycles. The highest BCUT2D eigenvalue weighted by molar-refractivity contribution is 6.35. The van der Waals surface area contributed by atoms with Gasteiger partial charge in [0.2, 0.25) is 0 Å². The van der Waals surface area contributed by atoms with Gasteiger partial charge in [0.05, 0.1) is 11.6 Å². The predicted molar refractivity (Wildman–Crippen MR) is 73.5 cm³/mol. The van der Waals surface area contributed by atoms with E-state index in [0.717, 1.165) is 6.08 Å². The highest BCUT2D eigenvalue weighted by Crippen LogP contribution is 2.33. The lowest BCUT2D eigenvalue weighted by atomic mass is 10.1. The summed E-state index contributed by atoms with van der Waals surface area (Å²) in [5.41, 5.74) is 0.551. The van der Waals surface area contributed by atoms with Crippen molar-refractivity contribution in [2.45, 2.75) is 13.8 Å². The summed E-state index contributed by atoms with van der Waals surface area (Å²) in [5, 5.41) is 9.43. The Labute approximate surface area is 116 Å². The van der Waals surface area contributed by atoms with Gasteiger partial charge in [0.1, 0.15) is 5.75 Å². The molecule has 0 heterocycles. The molecule has 0 aliphatic rings. The van der Waals surface area contributed by atoms with Gasteiger partial charge in [0.25, 0.3) is 0 Å². The first-order valence-electron chi connectivity index (χ1n) is 5.43. The molecule has 0 spiro atoms. The van der Waals surface area contributed by atoms with E-state index in [1.54, 1.807) is 12.1 Å². The Hall–Kier alpha value is -1.19. The first-order valence-corrected chi connectivity index (χ1v) is 6.18. The molecule has 1 rings (SSSR count). The molecule has 98 valence electrons. The topological polar surface area (TPSA) is 46.5 Å². The molecule has 0 aliphatic carbocycles. The Morgan fingerprint density at radius 2 is 2.11 bits per heavy atom. The monoisotopic (exact) mass is 288 g/mol. The van der Waals surface area contributed by atoms with E-state index in [4.69, 9.17) is 33.0 Å². The first kappa shape index (κ1) is 14.9. The maximum atomic E-state index is 10.5. The van der Waals surface area contributed by atoms with E-state index in [1.165, 1.54) is 6.08 Å². The summed E-state index contributed by atoms with van der Waals surface area (Å²) in [6.45, 7) is 4.52. The Kier molecular flexibility index (Phi) is 5.51. The molecule has 1 N–H and O–H groups in total. The fraction of sp³-hybridized carbons (Fsp3) is 0.308. The Balaban J connectivity index is 3.08. The molecule has 0 saturated heterocycles. The van der Waals surface area contributed by atoms with Crippen molar-refractivity contribution in [2.24, 2.45) is 5.92 Å². The van der Waals surface area contributed by atoms with Crippen LogP contribution in [0.2, 0.25) is 10.0 Å². The number of carboxylic acid groups (broad SMARTS) is 1. The molecule has 5 heteroatoms. The number of halogens is 2. The second-order valence-corrected chi connectivity index (χ2v) is 5.03. The molecular formula is C13H14Cl2O3. The molecule has 0 radical (unpaired) electrons. The van der Waals surface area contributed by atoms with Crippen LogP contribution < -0.4 is 4.74 Å². The van der Waals surface area contributed by atoms with E-state index in [-0.39, 0.29) is 0 Å². The smallest absolute Gasteiger partial charge is 0.328 e. The summed E-state index contributed by atoms with van der Waals surface area (Å²) in [4.78, 5) is 10.5. The third-order valence-corrected chi connectivity index (χ3v) is 2.50. The summed E-state index contributed by atoms with van der Waals surface area (Å²) in [6.07, 6.45) is 2.43. The third kappa shape index (κ3) is 4.59. The van der Waals surface area contributed by atoms with Crippen LogP contribution in [-0.2, 0) is 4.79 Å². The standard InChI is InChI=1S/C13H14Cl2O3/c1-8(2)7-18-13-9(3-4-12(16)17)5-10(14)6-11(13)15/h3-6,8H,7H2,1-2H3,(H,16,17)/b4-3+.